The van der Waals surface area contributed by atoms with E-state index in [1.165, 1.54) is 0 Å². The van der Waals surface area contributed by atoms with Crippen molar-refractivity contribution in [2.24, 2.45) is 5.92 Å². The van der Waals surface area contributed by atoms with Crippen molar-refractivity contribution in [2.75, 3.05) is 18.4 Å². The minimum Gasteiger partial charge on any atom is -0.338 e. The lowest BCUT2D eigenvalue weighted by atomic mass is 9.95. The van der Waals surface area contributed by atoms with E-state index in [0.717, 1.165) is 28.2 Å². The molecule has 2 heterocycles. The number of halogens is 5. The number of carbonyl (C=O) groups is 1. The summed E-state index contributed by atoms with van der Waals surface area (Å²) in [7, 11) is 0. The summed E-state index contributed by atoms with van der Waals surface area (Å²) in [5.41, 5.74) is -0.0545. The minimum atomic E-state index is -4.51. The summed E-state index contributed by atoms with van der Waals surface area (Å²) in [6, 6.07) is 10.4. The molecule has 0 saturated carbocycles. The first-order chi connectivity index (χ1) is 15.7. The quantitative estimate of drug-likeness (QED) is 0.426. The van der Waals surface area contributed by atoms with Gasteiger partial charge in [0.15, 0.2) is 0 Å². The van der Waals surface area contributed by atoms with Crippen molar-refractivity contribution in [2.45, 2.75) is 25.6 Å². The Balaban J connectivity index is 1.31. The molecule has 1 N–H and O–H groups in total. The number of benzene rings is 2. The molecule has 1 saturated heterocycles. The highest BCUT2D eigenvalue weighted by Gasteiger charge is 2.32. The zero-order valence-corrected chi connectivity index (χ0v) is 19.5. The van der Waals surface area contributed by atoms with Crippen LogP contribution in [-0.2, 0) is 17.5 Å². The molecule has 1 fully saturated rings. The average Bonchev–Trinajstić information content (AvgIpc) is 3.24. The van der Waals surface area contributed by atoms with E-state index in [0.29, 0.717) is 44.2 Å². The van der Waals surface area contributed by atoms with Crippen LogP contribution in [0.2, 0.25) is 5.02 Å². The Morgan fingerprint density at radius 3 is 2.55 bits per heavy atom. The third kappa shape index (κ3) is 5.93. The second-order valence-electron chi connectivity index (χ2n) is 7.75. The van der Waals surface area contributed by atoms with E-state index in [-0.39, 0.29) is 22.5 Å². The number of rotatable bonds is 5. The number of piperidine rings is 1. The fourth-order valence-electron chi connectivity index (χ4n) is 3.61. The molecule has 11 heteroatoms. The third-order valence-corrected chi connectivity index (χ3v) is 6.30. The molecule has 0 spiro atoms. The Morgan fingerprint density at radius 2 is 1.88 bits per heavy atom. The van der Waals surface area contributed by atoms with Gasteiger partial charge in [0.25, 0.3) is 0 Å². The lowest BCUT2D eigenvalue weighted by molar-refractivity contribution is -0.137. The van der Waals surface area contributed by atoms with Gasteiger partial charge < -0.3 is 9.84 Å². The van der Waals surface area contributed by atoms with Crippen LogP contribution in [0.3, 0.4) is 0 Å². The molecule has 4 rings (SSSR count). The fraction of sp³-hybridized carbons (Fsp3) is 0.318. The molecule has 3 aromatic rings. The van der Waals surface area contributed by atoms with Gasteiger partial charge in [0.1, 0.15) is 0 Å². The maximum Gasteiger partial charge on any atom is 0.416 e. The number of hydrogen-bond acceptors (Lipinski definition) is 5. The van der Waals surface area contributed by atoms with Crippen LogP contribution in [0, 0.1) is 5.92 Å². The summed E-state index contributed by atoms with van der Waals surface area (Å²) in [6.07, 6.45) is -3.41. The van der Waals surface area contributed by atoms with E-state index in [1.54, 1.807) is 0 Å². The number of nitrogens with zero attached hydrogens (tertiary/aromatic N) is 3. The van der Waals surface area contributed by atoms with Crippen LogP contribution in [0.25, 0.3) is 11.4 Å². The number of aromatic nitrogens is 2. The van der Waals surface area contributed by atoms with E-state index >= 15 is 0 Å². The Hall–Kier alpha value is -2.43. The monoisotopic (exact) mass is 542 g/mol. The molecule has 0 radical (unpaired) electrons. The maximum absolute atomic E-state index is 12.9. The number of anilines is 1. The van der Waals surface area contributed by atoms with Crippen LogP contribution in [0.1, 0.15) is 24.3 Å². The van der Waals surface area contributed by atoms with Gasteiger partial charge in [-0.3, -0.25) is 9.69 Å². The predicted octanol–water partition coefficient (Wildman–Crippen LogP) is 6.02. The fourth-order valence-corrected chi connectivity index (χ4v) is 4.04. The lowest BCUT2D eigenvalue weighted by Gasteiger charge is -2.30. The highest BCUT2D eigenvalue weighted by atomic mass is 79.9. The van der Waals surface area contributed by atoms with Crippen LogP contribution in [0.15, 0.2) is 51.5 Å². The van der Waals surface area contributed by atoms with Gasteiger partial charge in [0, 0.05) is 16.0 Å². The first-order valence-electron chi connectivity index (χ1n) is 10.2. The van der Waals surface area contributed by atoms with Crippen molar-refractivity contribution < 1.29 is 22.5 Å². The van der Waals surface area contributed by atoms with Crippen molar-refractivity contribution in [3.63, 3.8) is 0 Å². The smallest absolute Gasteiger partial charge is 0.338 e. The topological polar surface area (TPSA) is 71.3 Å². The summed E-state index contributed by atoms with van der Waals surface area (Å²) in [5, 5.41) is 6.63. The van der Waals surface area contributed by atoms with Gasteiger partial charge in [-0.1, -0.05) is 32.7 Å². The molecule has 2 aromatic carbocycles. The Bertz CT molecular complexity index is 1130. The van der Waals surface area contributed by atoms with Gasteiger partial charge >= 0.3 is 6.18 Å². The molecule has 6 nitrogen and oxygen atoms in total. The number of amides is 1. The first-order valence-corrected chi connectivity index (χ1v) is 11.3. The molecule has 1 aliphatic rings. The van der Waals surface area contributed by atoms with E-state index in [9.17, 15) is 18.0 Å². The van der Waals surface area contributed by atoms with Crippen LogP contribution in [-0.4, -0.2) is 34.0 Å². The van der Waals surface area contributed by atoms with Gasteiger partial charge in [-0.2, -0.15) is 18.2 Å². The summed E-state index contributed by atoms with van der Waals surface area (Å²) in [5.74, 6) is 0.315. The highest BCUT2D eigenvalue weighted by molar-refractivity contribution is 9.10. The number of likely N-dealkylation sites (tertiary alicyclic amines) is 1. The van der Waals surface area contributed by atoms with Crippen molar-refractivity contribution in [1.29, 1.82) is 0 Å². The van der Waals surface area contributed by atoms with E-state index in [4.69, 9.17) is 16.1 Å². The minimum absolute atomic E-state index is 0.0368. The van der Waals surface area contributed by atoms with E-state index in [1.807, 2.05) is 24.3 Å². The molecule has 0 atom stereocenters. The van der Waals surface area contributed by atoms with Gasteiger partial charge in [-0.15, -0.1) is 0 Å². The Labute approximate surface area is 201 Å². The van der Waals surface area contributed by atoms with Crippen molar-refractivity contribution in [1.82, 2.24) is 15.0 Å². The summed E-state index contributed by atoms with van der Waals surface area (Å²) in [4.78, 5) is 19.1. The zero-order chi connectivity index (χ0) is 23.6. The molecule has 174 valence electrons. The number of carbonyl (C=O) groups excluding carboxylic acids is 1. The van der Waals surface area contributed by atoms with Crippen LogP contribution >= 0.6 is 27.5 Å². The van der Waals surface area contributed by atoms with Gasteiger partial charge in [-0.25, -0.2) is 0 Å². The SMILES string of the molecule is O=C(Nc1cc(C(F)(F)F)ccc1Cl)C1CCN(Cc2nc(-c3ccc(Br)cc3)no2)CC1. The normalized spacial score (nSPS) is 15.5. The molecule has 1 amide bonds. The van der Waals surface area contributed by atoms with Crippen molar-refractivity contribution in [3.05, 3.63) is 63.4 Å². The summed E-state index contributed by atoms with van der Waals surface area (Å²) in [6.45, 7) is 1.69. The van der Waals surface area contributed by atoms with E-state index < -0.39 is 11.7 Å². The number of hydrogen-bond donors (Lipinski definition) is 1. The van der Waals surface area contributed by atoms with Gasteiger partial charge in [-0.05, 0) is 68.4 Å². The zero-order valence-electron chi connectivity index (χ0n) is 17.2. The third-order valence-electron chi connectivity index (χ3n) is 5.44. The predicted molar refractivity (Wildman–Crippen MR) is 121 cm³/mol. The molecular weight excluding hydrogens is 525 g/mol. The van der Waals surface area contributed by atoms with Crippen LogP contribution in [0.4, 0.5) is 18.9 Å². The molecule has 0 unspecified atom stereocenters. The van der Waals surface area contributed by atoms with Crippen molar-refractivity contribution >= 4 is 39.1 Å². The van der Waals surface area contributed by atoms with Crippen LogP contribution in [0.5, 0.6) is 0 Å². The summed E-state index contributed by atoms with van der Waals surface area (Å²) >= 11 is 9.37. The number of nitrogens with one attached hydrogen (secondary N) is 1. The molecule has 33 heavy (non-hydrogen) atoms. The highest BCUT2D eigenvalue weighted by Crippen LogP contribution is 2.34. The second-order valence-corrected chi connectivity index (χ2v) is 9.07. The molecule has 1 aliphatic heterocycles. The molecule has 0 bridgehead atoms. The van der Waals surface area contributed by atoms with Crippen LogP contribution < -0.4 is 5.32 Å². The van der Waals surface area contributed by atoms with E-state index in [2.05, 4.69) is 36.3 Å². The Morgan fingerprint density at radius 1 is 1.18 bits per heavy atom. The summed E-state index contributed by atoms with van der Waals surface area (Å²) < 4.78 is 45.2. The lowest BCUT2D eigenvalue weighted by Crippen LogP contribution is -2.37. The molecule has 1 aromatic heterocycles. The largest absolute Gasteiger partial charge is 0.416 e. The second kappa shape index (κ2) is 9.82. The maximum atomic E-state index is 12.9. The number of alkyl halides is 3. The first kappa shape index (κ1) is 23.7. The standard InChI is InChI=1S/C22H19BrClF3N4O2/c23-16-4-1-13(2-5-16)20-29-19(33-30-20)12-31-9-7-14(8-10-31)21(32)28-18-11-15(22(25,26)27)3-6-17(18)24/h1-6,11,14H,7-10,12H2,(H,28,32). The van der Waals surface area contributed by atoms with Gasteiger partial charge in [0.05, 0.1) is 22.8 Å². The van der Waals surface area contributed by atoms with Crippen molar-refractivity contribution in [3.8, 4) is 11.4 Å². The Kier molecular flexibility index (Phi) is 7.06. The van der Waals surface area contributed by atoms with Gasteiger partial charge in [0.2, 0.25) is 17.6 Å². The molecule has 0 aliphatic carbocycles. The average molecular weight is 544 g/mol. The molecular formula is C22H19BrClF3N4O2.